The molecule has 0 radical (unpaired) electrons. The maximum atomic E-state index is 6.43. The Morgan fingerprint density at radius 2 is 1.90 bits per heavy atom. The lowest BCUT2D eigenvalue weighted by molar-refractivity contribution is 0.585. The van der Waals surface area contributed by atoms with Gasteiger partial charge in [-0.25, -0.2) is 0 Å². The largest absolute Gasteiger partial charge is 0.310 e. The molecule has 0 amide bonds. The van der Waals surface area contributed by atoms with E-state index in [1.165, 1.54) is 21.6 Å². The molecule has 2 aromatic rings. The van der Waals surface area contributed by atoms with Gasteiger partial charge < -0.3 is 5.32 Å². The number of rotatable bonds is 5. The van der Waals surface area contributed by atoms with Crippen LogP contribution in [0.25, 0.3) is 0 Å². The minimum atomic E-state index is 0.461. The van der Waals surface area contributed by atoms with E-state index < -0.39 is 0 Å². The van der Waals surface area contributed by atoms with Crippen LogP contribution in [-0.2, 0) is 6.54 Å². The predicted molar refractivity (Wildman–Crippen MR) is 93.5 cm³/mol. The zero-order valence-corrected chi connectivity index (χ0v) is 14.6. The summed E-state index contributed by atoms with van der Waals surface area (Å²) in [5.74, 6) is 0. The van der Waals surface area contributed by atoms with Gasteiger partial charge in [-0.2, -0.15) is 0 Å². The highest BCUT2D eigenvalue weighted by molar-refractivity contribution is 7.99. The van der Waals surface area contributed by atoms with Crippen molar-refractivity contribution in [1.29, 1.82) is 0 Å². The Bertz CT molecular complexity index is 623. The molecule has 0 aliphatic rings. The van der Waals surface area contributed by atoms with E-state index in [-0.39, 0.29) is 0 Å². The van der Waals surface area contributed by atoms with Crippen LogP contribution >= 0.6 is 23.4 Å². The van der Waals surface area contributed by atoms with Crippen molar-refractivity contribution in [3.8, 4) is 0 Å². The van der Waals surface area contributed by atoms with Crippen LogP contribution in [0.3, 0.4) is 0 Å². The van der Waals surface area contributed by atoms with Crippen molar-refractivity contribution in [2.45, 2.75) is 50.1 Å². The minimum absolute atomic E-state index is 0.461. The molecule has 0 aliphatic heterocycles. The normalized spacial score (nSPS) is 11.1. The van der Waals surface area contributed by atoms with E-state index in [1.807, 2.05) is 12.1 Å². The van der Waals surface area contributed by atoms with Crippen molar-refractivity contribution in [1.82, 2.24) is 5.32 Å². The lowest BCUT2D eigenvalue weighted by Crippen LogP contribution is -2.22. The zero-order valence-electron chi connectivity index (χ0n) is 13.0. The van der Waals surface area contributed by atoms with Crippen LogP contribution < -0.4 is 5.32 Å². The van der Waals surface area contributed by atoms with Crippen LogP contribution in [-0.4, -0.2) is 6.04 Å². The van der Waals surface area contributed by atoms with Crippen LogP contribution in [0.2, 0.25) is 5.02 Å². The van der Waals surface area contributed by atoms with E-state index in [1.54, 1.807) is 11.8 Å². The molecule has 2 rings (SSSR count). The van der Waals surface area contributed by atoms with Gasteiger partial charge in [-0.1, -0.05) is 67.0 Å². The van der Waals surface area contributed by atoms with Gasteiger partial charge in [0.2, 0.25) is 0 Å². The zero-order chi connectivity index (χ0) is 15.4. The molecule has 0 spiro atoms. The third-order valence-electron chi connectivity index (χ3n) is 3.29. The van der Waals surface area contributed by atoms with Gasteiger partial charge in [0.15, 0.2) is 0 Å². The van der Waals surface area contributed by atoms with Crippen molar-refractivity contribution in [3.63, 3.8) is 0 Å². The fourth-order valence-electron chi connectivity index (χ4n) is 2.14. The lowest BCUT2D eigenvalue weighted by Gasteiger charge is -2.15. The Morgan fingerprint density at radius 1 is 1.14 bits per heavy atom. The average Bonchev–Trinajstić information content (AvgIpc) is 2.42. The lowest BCUT2D eigenvalue weighted by atomic mass is 10.2. The number of hydrogen-bond acceptors (Lipinski definition) is 2. The summed E-state index contributed by atoms with van der Waals surface area (Å²) in [6, 6.07) is 13.1. The Balaban J connectivity index is 2.29. The smallest absolute Gasteiger partial charge is 0.0548 e. The first-order valence-electron chi connectivity index (χ1n) is 7.23. The molecule has 0 aliphatic carbocycles. The second-order valence-electron chi connectivity index (χ2n) is 5.63. The Kier molecular flexibility index (Phi) is 5.74. The van der Waals surface area contributed by atoms with Gasteiger partial charge >= 0.3 is 0 Å². The van der Waals surface area contributed by atoms with Gasteiger partial charge in [0, 0.05) is 22.4 Å². The maximum Gasteiger partial charge on any atom is 0.0548 e. The molecule has 0 atom stereocenters. The Hall–Kier alpha value is -0.960. The molecular formula is C18H22ClNS. The second-order valence-corrected chi connectivity index (χ2v) is 7.09. The highest BCUT2D eigenvalue weighted by Crippen LogP contribution is 2.37. The average molecular weight is 320 g/mol. The number of halogens is 1. The molecule has 0 saturated heterocycles. The topological polar surface area (TPSA) is 12.0 Å². The SMILES string of the molecule is Cc1ccc(Sc2c(Cl)cccc2CNC(C)C)c(C)c1. The van der Waals surface area contributed by atoms with E-state index in [0.717, 1.165) is 16.5 Å². The fraction of sp³-hybridized carbons (Fsp3) is 0.333. The van der Waals surface area contributed by atoms with Crippen LogP contribution in [0.1, 0.15) is 30.5 Å². The molecule has 0 saturated carbocycles. The van der Waals surface area contributed by atoms with Crippen LogP contribution in [0.15, 0.2) is 46.2 Å². The molecule has 1 nitrogen and oxygen atoms in total. The fourth-order valence-corrected chi connectivity index (χ4v) is 3.47. The summed E-state index contributed by atoms with van der Waals surface area (Å²) in [7, 11) is 0. The molecule has 0 heterocycles. The van der Waals surface area contributed by atoms with Gasteiger partial charge in [-0.3, -0.25) is 0 Å². The number of benzene rings is 2. The first-order valence-corrected chi connectivity index (χ1v) is 8.42. The van der Waals surface area contributed by atoms with Crippen LogP contribution in [0, 0.1) is 13.8 Å². The van der Waals surface area contributed by atoms with E-state index in [4.69, 9.17) is 11.6 Å². The maximum absolute atomic E-state index is 6.43. The Morgan fingerprint density at radius 3 is 2.57 bits per heavy atom. The minimum Gasteiger partial charge on any atom is -0.310 e. The number of hydrogen-bond donors (Lipinski definition) is 1. The molecule has 2 aromatic carbocycles. The van der Waals surface area contributed by atoms with Crippen molar-refractivity contribution in [2.75, 3.05) is 0 Å². The van der Waals surface area contributed by atoms with Crippen molar-refractivity contribution in [3.05, 3.63) is 58.1 Å². The third-order valence-corrected chi connectivity index (χ3v) is 5.08. The molecule has 0 aromatic heterocycles. The first-order chi connectivity index (χ1) is 9.97. The van der Waals surface area contributed by atoms with E-state index in [9.17, 15) is 0 Å². The molecular weight excluding hydrogens is 298 g/mol. The van der Waals surface area contributed by atoms with E-state index >= 15 is 0 Å². The van der Waals surface area contributed by atoms with Crippen molar-refractivity contribution < 1.29 is 0 Å². The highest BCUT2D eigenvalue weighted by atomic mass is 35.5. The van der Waals surface area contributed by atoms with Gasteiger partial charge in [0.05, 0.1) is 5.02 Å². The standard InChI is InChI=1S/C18H22ClNS/c1-12(2)20-11-15-6-5-7-16(19)18(15)21-17-9-8-13(3)10-14(17)4/h5-10,12,20H,11H2,1-4H3. The summed E-state index contributed by atoms with van der Waals surface area (Å²) >= 11 is 8.19. The summed E-state index contributed by atoms with van der Waals surface area (Å²) < 4.78 is 0. The van der Waals surface area contributed by atoms with Gasteiger partial charge in [-0.05, 0) is 37.1 Å². The quantitative estimate of drug-likeness (QED) is 0.769. The summed E-state index contributed by atoms with van der Waals surface area (Å²) in [4.78, 5) is 2.42. The predicted octanol–water partition coefficient (Wildman–Crippen LogP) is 5.61. The van der Waals surface area contributed by atoms with E-state index in [0.29, 0.717) is 6.04 Å². The van der Waals surface area contributed by atoms with Crippen LogP contribution in [0.5, 0.6) is 0 Å². The molecule has 0 unspecified atom stereocenters. The molecule has 0 fully saturated rings. The Labute approximate surface area is 137 Å². The summed E-state index contributed by atoms with van der Waals surface area (Å²) in [5, 5.41) is 4.29. The van der Waals surface area contributed by atoms with Crippen LogP contribution in [0.4, 0.5) is 0 Å². The molecule has 1 N–H and O–H groups in total. The first kappa shape index (κ1) is 16.4. The van der Waals surface area contributed by atoms with Crippen molar-refractivity contribution in [2.24, 2.45) is 0 Å². The summed E-state index contributed by atoms with van der Waals surface area (Å²) in [6.45, 7) is 9.42. The third kappa shape index (κ3) is 4.50. The van der Waals surface area contributed by atoms with E-state index in [2.05, 4.69) is 57.3 Å². The molecule has 112 valence electrons. The van der Waals surface area contributed by atoms with Gasteiger partial charge in [-0.15, -0.1) is 0 Å². The van der Waals surface area contributed by atoms with Gasteiger partial charge in [0.25, 0.3) is 0 Å². The number of aryl methyl sites for hydroxylation is 2. The van der Waals surface area contributed by atoms with Crippen molar-refractivity contribution >= 4 is 23.4 Å². The molecule has 3 heteroatoms. The molecule has 21 heavy (non-hydrogen) atoms. The monoisotopic (exact) mass is 319 g/mol. The summed E-state index contributed by atoms with van der Waals surface area (Å²) in [6.07, 6.45) is 0. The van der Waals surface area contributed by atoms with Gasteiger partial charge in [0.1, 0.15) is 0 Å². The highest BCUT2D eigenvalue weighted by Gasteiger charge is 2.10. The summed E-state index contributed by atoms with van der Waals surface area (Å²) in [5.41, 5.74) is 3.83. The molecule has 0 bridgehead atoms. The second kappa shape index (κ2) is 7.35. The number of nitrogens with one attached hydrogen (secondary N) is 1.